The van der Waals surface area contributed by atoms with Crippen LogP contribution in [0.1, 0.15) is 60.0 Å². The molecule has 388 valence electrons. The molecule has 6 heterocycles. The Balaban J connectivity index is 0.000000209. The molecule has 0 aliphatic carbocycles. The molecule has 5 N–H and O–H groups in total. The number of aromatic nitrogens is 6. The summed E-state index contributed by atoms with van der Waals surface area (Å²) in [4.78, 5) is 54.1. The number of aliphatic hydroxyl groups is 3. The van der Waals surface area contributed by atoms with Crippen molar-refractivity contribution in [2.24, 2.45) is 0 Å². The van der Waals surface area contributed by atoms with E-state index >= 15 is 4.39 Å². The second-order valence-electron chi connectivity index (χ2n) is 17.1. The Hall–Kier alpha value is -7.18. The van der Waals surface area contributed by atoms with Gasteiger partial charge in [0.1, 0.15) is 54.0 Å². The van der Waals surface area contributed by atoms with Crippen LogP contribution in [0.25, 0.3) is 33.2 Å². The van der Waals surface area contributed by atoms with E-state index in [2.05, 4.69) is 19.9 Å². The van der Waals surface area contributed by atoms with E-state index in [1.165, 1.54) is 23.0 Å². The minimum atomic E-state index is -1.47. The number of anilines is 1. The molecule has 0 amide bonds. The van der Waals surface area contributed by atoms with Gasteiger partial charge in [0.25, 0.3) is 0 Å². The van der Waals surface area contributed by atoms with E-state index < -0.39 is 90.8 Å². The van der Waals surface area contributed by atoms with Crippen molar-refractivity contribution in [3.63, 3.8) is 0 Å². The van der Waals surface area contributed by atoms with Crippen LogP contribution < -0.4 is 5.48 Å². The van der Waals surface area contributed by atoms with Gasteiger partial charge in [-0.15, -0.1) is 0 Å². The van der Waals surface area contributed by atoms with Gasteiger partial charge >= 0.3 is 17.9 Å². The highest BCUT2D eigenvalue weighted by atomic mass is 35.5. The lowest BCUT2D eigenvalue weighted by Crippen LogP contribution is -2.41. The van der Waals surface area contributed by atoms with Crippen molar-refractivity contribution in [1.82, 2.24) is 29.1 Å². The Labute approximate surface area is 438 Å². The highest BCUT2D eigenvalue weighted by Crippen LogP contribution is 2.44. The predicted octanol–water partition coefficient (Wildman–Crippen LogP) is 8.28. The van der Waals surface area contributed by atoms with Crippen LogP contribution in [0.3, 0.4) is 0 Å². The van der Waals surface area contributed by atoms with Gasteiger partial charge < -0.3 is 43.6 Å². The molecule has 0 saturated carbocycles. The number of ether oxygens (including phenoxy) is 5. The van der Waals surface area contributed by atoms with Crippen LogP contribution in [0.2, 0.25) is 15.2 Å². The second-order valence-corrected chi connectivity index (χ2v) is 18.3. The summed E-state index contributed by atoms with van der Waals surface area (Å²) in [6.07, 6.45) is -8.73. The maximum absolute atomic E-state index is 15.2. The number of carbonyl (C=O) groups excluding carboxylic acids is 3. The van der Waals surface area contributed by atoms with Gasteiger partial charge in [-0.05, 0) is 58.7 Å². The Morgan fingerprint density at radius 1 is 0.653 bits per heavy atom. The molecule has 2 aliphatic rings. The van der Waals surface area contributed by atoms with Crippen LogP contribution in [-0.2, 0) is 33.3 Å². The number of benzene rings is 4. The summed E-state index contributed by atoms with van der Waals surface area (Å²) in [6, 6.07) is 29.2. The van der Waals surface area contributed by atoms with Crippen molar-refractivity contribution < 1.29 is 67.4 Å². The monoisotopic (exact) mass is 1090 g/mol. The van der Waals surface area contributed by atoms with Gasteiger partial charge in [0, 0.05) is 36.3 Å². The number of aliphatic hydroxyl groups excluding tert-OH is 3. The minimum Gasteiger partial charge on any atom is -0.455 e. The average molecular weight is 1090 g/mol. The lowest BCUT2D eigenvalue weighted by atomic mass is 9.98. The van der Waals surface area contributed by atoms with Crippen molar-refractivity contribution in [3.8, 4) is 11.1 Å². The molecule has 2 aliphatic heterocycles. The van der Waals surface area contributed by atoms with Crippen LogP contribution in [0.4, 0.5) is 14.6 Å². The minimum absolute atomic E-state index is 0.0296. The molecule has 10 atom stereocenters. The quantitative estimate of drug-likeness (QED) is 0.0334. The van der Waals surface area contributed by atoms with Gasteiger partial charge in [-0.1, -0.05) is 102 Å². The first-order valence-electron chi connectivity index (χ1n) is 22.7. The molecule has 2 fully saturated rings. The first-order valence-corrected chi connectivity index (χ1v) is 23.8. The highest BCUT2D eigenvalue weighted by Gasteiger charge is 2.55. The van der Waals surface area contributed by atoms with Crippen LogP contribution in [0, 0.1) is 11.6 Å². The van der Waals surface area contributed by atoms with Crippen molar-refractivity contribution in [3.05, 3.63) is 172 Å². The molecule has 75 heavy (non-hydrogen) atoms. The van der Waals surface area contributed by atoms with Gasteiger partial charge in [-0.3, -0.25) is 24.8 Å². The van der Waals surface area contributed by atoms with Crippen LogP contribution >= 0.6 is 34.8 Å². The number of hydrogen-bond acceptors (Lipinski definition) is 17. The number of esters is 3. The van der Waals surface area contributed by atoms with E-state index in [1.807, 2.05) is 30.3 Å². The number of hydrogen-bond donors (Lipinski definition) is 5. The summed E-state index contributed by atoms with van der Waals surface area (Å²) in [6.45, 7) is 2.34. The molecule has 2 saturated heterocycles. The standard InChI is InChI=1S/C34H26Cl2FN3O7.C17H16ClFN4O5/c1-18(41)44-29-28(46-33(30(29)45-19(2)42)40-16-25(37)26-31(36)38-17-39-32(26)40)27(22-12-14-24(35)15-13-22)47-34(43)23-10-8-21(9-11-23)20-6-4-3-5-7-20;18-8-3-1-7(2-4-8)11(24)14-12(25)13(26)17(28-14)23-5-9(19)10-15(22-27)20-6-21-16(10)23/h3-17,27-30,33H,1-2H3;1-6,11-14,17,24-27H,(H,20,21,22)/t27-,28-,29-,30-,33-;11-,12+,13-,14-,17-/m11/s1. The first-order chi connectivity index (χ1) is 36.0. The van der Waals surface area contributed by atoms with Gasteiger partial charge in [0.2, 0.25) is 0 Å². The van der Waals surface area contributed by atoms with Crippen LogP contribution in [0.5, 0.6) is 0 Å². The third kappa shape index (κ3) is 10.9. The van der Waals surface area contributed by atoms with E-state index in [4.69, 9.17) is 63.7 Å². The molecule has 24 heteroatoms. The molecule has 0 radical (unpaired) electrons. The van der Waals surface area contributed by atoms with E-state index in [0.717, 1.165) is 36.2 Å². The van der Waals surface area contributed by atoms with E-state index in [0.29, 0.717) is 21.2 Å². The molecular formula is C51H42Cl3F2N7O12. The molecule has 0 spiro atoms. The van der Waals surface area contributed by atoms with Crippen LogP contribution in [0.15, 0.2) is 128 Å². The van der Waals surface area contributed by atoms with Crippen molar-refractivity contribution >= 4 is 80.6 Å². The van der Waals surface area contributed by atoms with Crippen molar-refractivity contribution in [2.45, 2.75) is 75.1 Å². The number of nitrogens with zero attached hydrogens (tertiary/aromatic N) is 6. The summed E-state index contributed by atoms with van der Waals surface area (Å²) in [5.74, 6) is -3.86. The fraction of sp³-hybridized carbons (Fsp3) is 0.235. The Morgan fingerprint density at radius 3 is 1.80 bits per heavy atom. The van der Waals surface area contributed by atoms with Gasteiger partial charge in [0.15, 0.2) is 53.9 Å². The molecule has 8 aromatic rings. The first kappa shape index (κ1) is 52.7. The maximum Gasteiger partial charge on any atom is 0.338 e. The summed E-state index contributed by atoms with van der Waals surface area (Å²) in [5.41, 5.74) is 4.81. The van der Waals surface area contributed by atoms with Gasteiger partial charge in [0.05, 0.1) is 16.3 Å². The summed E-state index contributed by atoms with van der Waals surface area (Å²) in [5, 5.41) is 41.1. The second kappa shape index (κ2) is 22.3. The zero-order chi connectivity index (χ0) is 53.2. The fourth-order valence-corrected chi connectivity index (χ4v) is 9.38. The molecule has 4 aromatic heterocycles. The average Bonchev–Trinajstić information content (AvgIpc) is 4.14. The summed E-state index contributed by atoms with van der Waals surface area (Å²) < 4.78 is 61.5. The lowest BCUT2D eigenvalue weighted by molar-refractivity contribution is -0.166. The third-order valence-corrected chi connectivity index (χ3v) is 13.1. The van der Waals surface area contributed by atoms with E-state index in [9.17, 15) is 34.1 Å². The molecule has 4 aromatic carbocycles. The topological polar surface area (TPSA) is 252 Å². The smallest absolute Gasteiger partial charge is 0.338 e. The Kier molecular flexibility index (Phi) is 15.7. The zero-order valence-electron chi connectivity index (χ0n) is 39.0. The molecule has 0 bridgehead atoms. The highest BCUT2D eigenvalue weighted by molar-refractivity contribution is 6.34. The molecule has 0 unspecified atom stereocenters. The zero-order valence-corrected chi connectivity index (χ0v) is 41.3. The number of halogens is 5. The SMILES string of the molecule is CC(=O)O[C@H]1[C@@H](OC(C)=O)[C@H](n2cc(F)c3c(Cl)ncnc32)O[C@@H]1[C@H](OC(=O)c1ccc(-c2ccccc2)cc1)c1ccc(Cl)cc1.ONc1ncnc2c1c(F)cn2[C@@H]1O[C@H]([C@H](O)c2ccc(Cl)cc2)[C@@H](O)[C@H]1O. The van der Waals surface area contributed by atoms with Gasteiger partial charge in [-0.25, -0.2) is 33.5 Å². The molecule has 19 nitrogen and oxygen atoms in total. The Morgan fingerprint density at radius 2 is 1.19 bits per heavy atom. The van der Waals surface area contributed by atoms with Crippen molar-refractivity contribution in [1.29, 1.82) is 0 Å². The Bertz CT molecular complexity index is 3360. The largest absolute Gasteiger partial charge is 0.455 e. The number of rotatable bonds is 12. The summed E-state index contributed by atoms with van der Waals surface area (Å²) in [7, 11) is 0. The van der Waals surface area contributed by atoms with Crippen molar-refractivity contribution in [2.75, 3.05) is 5.48 Å². The number of fused-ring (bicyclic) bond motifs is 2. The van der Waals surface area contributed by atoms with Crippen LogP contribution in [-0.4, -0.2) is 104 Å². The van der Waals surface area contributed by atoms with E-state index in [1.54, 1.807) is 78.3 Å². The normalized spacial score (nSPS) is 22.0. The lowest BCUT2D eigenvalue weighted by Gasteiger charge is -2.28. The number of carbonyl (C=O) groups is 3. The molecular weight excluding hydrogens is 1050 g/mol. The fourth-order valence-electron chi connectivity index (χ4n) is 8.91. The van der Waals surface area contributed by atoms with Gasteiger partial charge in [-0.2, -0.15) is 0 Å². The maximum atomic E-state index is 15.2. The summed E-state index contributed by atoms with van der Waals surface area (Å²) >= 11 is 18.2. The number of nitrogens with one attached hydrogen (secondary N) is 1. The predicted molar refractivity (Wildman–Crippen MR) is 264 cm³/mol. The third-order valence-electron chi connectivity index (χ3n) is 12.3. The molecule has 10 rings (SSSR count). The van der Waals surface area contributed by atoms with E-state index in [-0.39, 0.29) is 38.6 Å².